The number of epoxide rings is 2. The van der Waals surface area contributed by atoms with Crippen molar-refractivity contribution in [1.29, 1.82) is 0 Å². The van der Waals surface area contributed by atoms with Gasteiger partial charge in [-0.05, 0) is 65.7 Å². The van der Waals surface area contributed by atoms with E-state index < -0.39 is 0 Å². The zero-order chi connectivity index (χ0) is 25.1. The van der Waals surface area contributed by atoms with Crippen LogP contribution in [0, 0.1) is 23.7 Å². The topological polar surface area (TPSA) is 84.1 Å². The Labute approximate surface area is 209 Å². The van der Waals surface area contributed by atoms with Gasteiger partial charge >= 0.3 is 6.09 Å². The quantitative estimate of drug-likeness (QED) is 0.384. The lowest BCUT2D eigenvalue weighted by atomic mass is 9.68. The van der Waals surface area contributed by atoms with Crippen LogP contribution >= 0.6 is 0 Å². The molecule has 0 radical (unpaired) electrons. The summed E-state index contributed by atoms with van der Waals surface area (Å²) in [4.78, 5) is 29.5. The van der Waals surface area contributed by atoms with Crippen LogP contribution in [0.25, 0.3) is 0 Å². The van der Waals surface area contributed by atoms with E-state index in [1.807, 2.05) is 18.7 Å². The molecule has 3 saturated heterocycles. The van der Waals surface area contributed by atoms with E-state index in [4.69, 9.17) is 18.9 Å². The molecular weight excluding hydrogens is 448 g/mol. The lowest BCUT2D eigenvalue weighted by Crippen LogP contribution is -2.56. The monoisotopic (exact) mass is 490 g/mol. The van der Waals surface area contributed by atoms with Crippen molar-refractivity contribution in [1.82, 2.24) is 9.80 Å². The van der Waals surface area contributed by atoms with Crippen molar-refractivity contribution in [3.05, 3.63) is 11.6 Å². The van der Waals surface area contributed by atoms with E-state index in [9.17, 15) is 9.59 Å². The molecule has 35 heavy (non-hydrogen) atoms. The molecule has 0 N–H and O–H groups in total. The van der Waals surface area contributed by atoms with Crippen molar-refractivity contribution in [2.24, 2.45) is 23.7 Å². The van der Waals surface area contributed by atoms with Crippen molar-refractivity contribution in [2.75, 3.05) is 39.9 Å². The van der Waals surface area contributed by atoms with E-state index in [0.29, 0.717) is 19.7 Å². The molecule has 196 valence electrons. The Kier molecular flexibility index (Phi) is 6.46. The predicted octanol–water partition coefficient (Wildman–Crippen LogP) is 3.25. The van der Waals surface area contributed by atoms with Crippen LogP contribution in [-0.2, 0) is 23.7 Å². The van der Waals surface area contributed by atoms with Crippen LogP contribution in [0.4, 0.5) is 4.79 Å². The summed E-state index contributed by atoms with van der Waals surface area (Å²) in [5.41, 5.74) is 0.705. The first-order chi connectivity index (χ1) is 16.7. The molecule has 2 saturated carbocycles. The number of piperidine rings is 1. The lowest BCUT2D eigenvalue weighted by molar-refractivity contribution is -0.133. The summed E-state index contributed by atoms with van der Waals surface area (Å²) in [6.45, 7) is 13.8. The largest absolute Gasteiger partial charge is 0.443 e. The first kappa shape index (κ1) is 25.0. The van der Waals surface area contributed by atoms with Gasteiger partial charge < -0.3 is 28.7 Å². The molecular formula is C27H42N2O6. The molecule has 5 fully saturated rings. The highest BCUT2D eigenvalue weighted by Crippen LogP contribution is 2.60. The number of fused-ring (bicyclic) bond motifs is 1. The van der Waals surface area contributed by atoms with E-state index >= 15 is 0 Å². The van der Waals surface area contributed by atoms with Crippen molar-refractivity contribution in [3.8, 4) is 0 Å². The number of hydrogen-bond acceptors (Lipinski definition) is 6. The third-order valence-electron chi connectivity index (χ3n) is 9.30. The summed E-state index contributed by atoms with van der Waals surface area (Å²) >= 11 is 0. The van der Waals surface area contributed by atoms with Crippen LogP contribution in [0.3, 0.4) is 0 Å². The highest BCUT2D eigenvalue weighted by molar-refractivity contribution is 5.83. The molecule has 9 atom stereocenters. The molecule has 8 heteroatoms. The Bertz CT molecular complexity index is 867. The maximum absolute atomic E-state index is 13.1. The summed E-state index contributed by atoms with van der Waals surface area (Å²) in [6.07, 6.45) is 3.89. The number of amides is 2. The zero-order valence-electron chi connectivity index (χ0n) is 22.1. The summed E-state index contributed by atoms with van der Waals surface area (Å²) in [5, 5.41) is 0. The number of allylic oxidation sites excluding steroid dienone is 1. The third-order valence-corrected chi connectivity index (χ3v) is 9.30. The first-order valence-electron chi connectivity index (χ1n) is 13.4. The van der Waals surface area contributed by atoms with Gasteiger partial charge in [0.2, 0.25) is 5.91 Å². The second-order valence-corrected chi connectivity index (χ2v) is 11.6. The van der Waals surface area contributed by atoms with E-state index in [1.54, 1.807) is 12.0 Å². The zero-order valence-corrected chi connectivity index (χ0v) is 22.1. The van der Waals surface area contributed by atoms with Gasteiger partial charge in [-0.1, -0.05) is 11.6 Å². The van der Waals surface area contributed by atoms with Crippen LogP contribution in [0.2, 0.25) is 0 Å². The minimum Gasteiger partial charge on any atom is -0.443 e. The second-order valence-electron chi connectivity index (χ2n) is 11.6. The van der Waals surface area contributed by atoms with Crippen LogP contribution in [0.1, 0.15) is 53.9 Å². The van der Waals surface area contributed by atoms with Crippen LogP contribution in [0.5, 0.6) is 0 Å². The maximum atomic E-state index is 13.1. The Hall–Kier alpha value is -1.64. The Morgan fingerprint density at radius 1 is 1.17 bits per heavy atom. The van der Waals surface area contributed by atoms with Crippen molar-refractivity contribution in [2.45, 2.75) is 83.4 Å². The standard InChI is InChI=1S/C27H42N2O6/c1-7-28(8-2)24(30)21-17-13-29(14-18(17)21)25(31)34-19-11-12-27(15-33-27)23(22(19)32-6)26(5)20(35-26)10-9-16(3)4/h9,17-23H,7-8,10-15H2,1-6H3/t17-,18+,19-,20-,21?,22-,23-,26+,27+/m1/s1. The molecule has 2 aliphatic carbocycles. The minimum atomic E-state index is -0.346. The number of carbonyl (C=O) groups excluding carboxylic acids is 2. The van der Waals surface area contributed by atoms with Crippen LogP contribution < -0.4 is 0 Å². The molecule has 0 aromatic rings. The fourth-order valence-corrected chi connectivity index (χ4v) is 7.06. The van der Waals surface area contributed by atoms with Gasteiger partial charge in [-0.2, -0.15) is 0 Å². The SMILES string of the molecule is CCN(CC)C(=O)C1[C@H]2CN(C(=O)O[C@@H]3CC[C@]4(CO4)[C@@H]([C@@]4(C)O[C@@H]4CC=C(C)C)[C@@H]3OC)C[C@@H]12. The fraction of sp³-hybridized carbons (Fsp3) is 0.852. The number of ether oxygens (including phenoxy) is 4. The van der Waals surface area contributed by atoms with Gasteiger partial charge in [0.05, 0.1) is 18.6 Å². The average molecular weight is 491 g/mol. The molecule has 3 aliphatic heterocycles. The highest BCUT2D eigenvalue weighted by atomic mass is 16.6. The number of hydrogen-bond donors (Lipinski definition) is 0. The Morgan fingerprint density at radius 3 is 2.37 bits per heavy atom. The number of nitrogens with zero attached hydrogens (tertiary/aromatic N) is 2. The lowest BCUT2D eigenvalue weighted by Gasteiger charge is -2.43. The van der Waals surface area contributed by atoms with Crippen molar-refractivity contribution in [3.63, 3.8) is 0 Å². The summed E-state index contributed by atoms with van der Waals surface area (Å²) in [5.74, 6) is 0.866. The molecule has 0 aromatic carbocycles. The molecule has 0 aromatic heterocycles. The number of rotatable bonds is 8. The molecule has 3 heterocycles. The van der Waals surface area contributed by atoms with Gasteiger partial charge in [-0.15, -0.1) is 0 Å². The summed E-state index contributed by atoms with van der Waals surface area (Å²) in [7, 11) is 1.70. The normalized spacial score (nSPS) is 42.9. The molecule has 0 bridgehead atoms. The van der Waals surface area contributed by atoms with Crippen molar-refractivity contribution >= 4 is 12.0 Å². The summed E-state index contributed by atoms with van der Waals surface area (Å²) < 4.78 is 24.3. The van der Waals surface area contributed by atoms with E-state index in [1.165, 1.54) is 5.57 Å². The van der Waals surface area contributed by atoms with E-state index in [2.05, 4.69) is 26.8 Å². The average Bonchev–Trinajstić information content (AvgIpc) is 3.79. The van der Waals surface area contributed by atoms with E-state index in [0.717, 1.165) is 32.4 Å². The molecule has 5 rings (SSSR count). The summed E-state index contributed by atoms with van der Waals surface area (Å²) in [6, 6.07) is 0. The van der Waals surface area contributed by atoms with Crippen LogP contribution in [0.15, 0.2) is 11.6 Å². The minimum absolute atomic E-state index is 0.0187. The van der Waals surface area contributed by atoms with Gasteiger partial charge in [0, 0.05) is 39.2 Å². The predicted molar refractivity (Wildman–Crippen MR) is 130 cm³/mol. The first-order valence-corrected chi connectivity index (χ1v) is 13.4. The molecule has 5 aliphatic rings. The van der Waals surface area contributed by atoms with Gasteiger partial charge in [0.15, 0.2) is 0 Å². The molecule has 8 nitrogen and oxygen atoms in total. The maximum Gasteiger partial charge on any atom is 0.410 e. The molecule has 1 spiro atoms. The number of carbonyl (C=O) groups is 2. The number of likely N-dealkylation sites (tertiary alicyclic amines) is 1. The van der Waals surface area contributed by atoms with Gasteiger partial charge in [0.1, 0.15) is 23.4 Å². The van der Waals surface area contributed by atoms with Crippen LogP contribution in [-0.4, -0.2) is 91.2 Å². The van der Waals surface area contributed by atoms with Gasteiger partial charge in [0.25, 0.3) is 0 Å². The molecule has 2 amide bonds. The highest BCUT2D eigenvalue weighted by Gasteiger charge is 2.72. The van der Waals surface area contributed by atoms with Gasteiger partial charge in [-0.25, -0.2) is 4.79 Å². The van der Waals surface area contributed by atoms with E-state index in [-0.39, 0.29) is 65.2 Å². The van der Waals surface area contributed by atoms with Crippen molar-refractivity contribution < 1.29 is 28.5 Å². The fourth-order valence-electron chi connectivity index (χ4n) is 7.06. The smallest absolute Gasteiger partial charge is 0.410 e. The third kappa shape index (κ3) is 4.29. The molecule has 1 unspecified atom stereocenters. The second kappa shape index (κ2) is 9.03. The van der Waals surface area contributed by atoms with Gasteiger partial charge in [-0.3, -0.25) is 4.79 Å². The Balaban J connectivity index is 1.20. The Morgan fingerprint density at radius 2 is 1.83 bits per heavy atom. The number of methoxy groups -OCH3 is 1.